The predicted octanol–water partition coefficient (Wildman–Crippen LogP) is 2.97. The number of rotatable bonds is 3. The molecule has 1 heterocycles. The fraction of sp³-hybridized carbons (Fsp3) is 0.588. The fourth-order valence-corrected chi connectivity index (χ4v) is 4.55. The number of nitrogens with one attached hydrogen (secondary N) is 2. The molecule has 3 atom stereocenters. The SMILES string of the molecule is CNC(c1ccc2c(c1)CN(C)C(=O)N2)C1C2CCCC21. The summed E-state index contributed by atoms with van der Waals surface area (Å²) in [7, 11) is 3.91. The molecule has 21 heavy (non-hydrogen) atoms. The molecule has 2 saturated carbocycles. The van der Waals surface area contributed by atoms with E-state index >= 15 is 0 Å². The molecule has 4 heteroatoms. The highest BCUT2D eigenvalue weighted by atomic mass is 16.2. The molecular formula is C17H23N3O. The maximum Gasteiger partial charge on any atom is 0.321 e. The van der Waals surface area contributed by atoms with Crippen LogP contribution in [0.5, 0.6) is 0 Å². The first-order valence-corrected chi connectivity index (χ1v) is 8.01. The molecule has 0 bridgehead atoms. The second kappa shape index (κ2) is 4.73. The number of benzene rings is 1. The molecule has 1 aliphatic heterocycles. The van der Waals surface area contributed by atoms with Crippen molar-refractivity contribution in [1.29, 1.82) is 0 Å². The Bertz CT molecular complexity index is 575. The van der Waals surface area contributed by atoms with E-state index in [1.165, 1.54) is 30.4 Å². The first-order chi connectivity index (χ1) is 10.2. The lowest BCUT2D eigenvalue weighted by Crippen LogP contribution is -2.35. The van der Waals surface area contributed by atoms with Gasteiger partial charge in [-0.15, -0.1) is 0 Å². The third-order valence-electron chi connectivity index (χ3n) is 5.65. The Morgan fingerprint density at radius 3 is 2.81 bits per heavy atom. The number of hydrogen-bond donors (Lipinski definition) is 2. The summed E-state index contributed by atoms with van der Waals surface area (Å²) in [6.07, 6.45) is 4.25. The van der Waals surface area contributed by atoms with Gasteiger partial charge in [-0.3, -0.25) is 0 Å². The molecule has 2 N–H and O–H groups in total. The molecule has 0 saturated heterocycles. The first kappa shape index (κ1) is 13.1. The summed E-state index contributed by atoms with van der Waals surface area (Å²) in [6, 6.07) is 6.98. The van der Waals surface area contributed by atoms with Crippen LogP contribution in [0.1, 0.15) is 36.4 Å². The number of amides is 2. The van der Waals surface area contributed by atoms with Crippen molar-refractivity contribution in [2.75, 3.05) is 19.4 Å². The Labute approximate surface area is 125 Å². The highest BCUT2D eigenvalue weighted by Crippen LogP contribution is 2.62. The molecule has 2 amide bonds. The third kappa shape index (κ3) is 2.04. The van der Waals surface area contributed by atoms with Gasteiger partial charge in [-0.25, -0.2) is 4.79 Å². The van der Waals surface area contributed by atoms with E-state index in [4.69, 9.17) is 0 Å². The van der Waals surface area contributed by atoms with Crippen molar-refractivity contribution in [2.24, 2.45) is 17.8 Å². The van der Waals surface area contributed by atoms with E-state index in [0.717, 1.165) is 23.4 Å². The van der Waals surface area contributed by atoms with E-state index < -0.39 is 0 Å². The van der Waals surface area contributed by atoms with Gasteiger partial charge in [0.25, 0.3) is 0 Å². The molecule has 3 unspecified atom stereocenters. The molecule has 4 rings (SSSR count). The first-order valence-electron chi connectivity index (χ1n) is 8.01. The van der Waals surface area contributed by atoms with Gasteiger partial charge < -0.3 is 15.5 Å². The summed E-state index contributed by atoms with van der Waals surface area (Å²) in [4.78, 5) is 13.4. The lowest BCUT2D eigenvalue weighted by Gasteiger charge is -2.27. The quantitative estimate of drug-likeness (QED) is 0.896. The van der Waals surface area contributed by atoms with Crippen LogP contribution in [0.4, 0.5) is 10.5 Å². The van der Waals surface area contributed by atoms with Crippen LogP contribution in [0.15, 0.2) is 18.2 Å². The van der Waals surface area contributed by atoms with E-state index in [1.807, 2.05) is 7.05 Å². The number of anilines is 1. The van der Waals surface area contributed by atoms with Crippen molar-refractivity contribution in [3.8, 4) is 0 Å². The van der Waals surface area contributed by atoms with Crippen LogP contribution < -0.4 is 10.6 Å². The van der Waals surface area contributed by atoms with Gasteiger partial charge in [-0.05, 0) is 54.8 Å². The summed E-state index contributed by atoms with van der Waals surface area (Å²) in [5, 5.41) is 6.48. The van der Waals surface area contributed by atoms with Gasteiger partial charge in [0.05, 0.1) is 0 Å². The molecule has 0 radical (unpaired) electrons. The number of fused-ring (bicyclic) bond motifs is 2. The topological polar surface area (TPSA) is 44.4 Å². The Morgan fingerprint density at radius 2 is 2.10 bits per heavy atom. The fourth-order valence-electron chi connectivity index (χ4n) is 4.55. The Kier molecular flexibility index (Phi) is 2.96. The number of urea groups is 1. The summed E-state index contributed by atoms with van der Waals surface area (Å²) >= 11 is 0. The van der Waals surface area contributed by atoms with Crippen LogP contribution in [0.25, 0.3) is 0 Å². The van der Waals surface area contributed by atoms with Crippen molar-refractivity contribution in [3.63, 3.8) is 0 Å². The minimum absolute atomic E-state index is 0.0165. The molecule has 2 fully saturated rings. The maximum atomic E-state index is 11.7. The summed E-state index contributed by atoms with van der Waals surface area (Å²) in [5.41, 5.74) is 3.56. The van der Waals surface area contributed by atoms with E-state index in [1.54, 1.807) is 4.90 Å². The van der Waals surface area contributed by atoms with Crippen LogP contribution in [0.2, 0.25) is 0 Å². The largest absolute Gasteiger partial charge is 0.323 e. The van der Waals surface area contributed by atoms with Crippen LogP contribution in [-0.4, -0.2) is 25.0 Å². The van der Waals surface area contributed by atoms with E-state index in [2.05, 4.69) is 35.9 Å². The van der Waals surface area contributed by atoms with E-state index in [9.17, 15) is 4.79 Å². The Morgan fingerprint density at radius 1 is 1.33 bits per heavy atom. The highest BCUT2D eigenvalue weighted by molar-refractivity contribution is 5.92. The zero-order chi connectivity index (χ0) is 14.6. The average Bonchev–Trinajstić information content (AvgIpc) is 2.94. The van der Waals surface area contributed by atoms with Crippen molar-refractivity contribution >= 4 is 11.7 Å². The predicted molar refractivity (Wildman–Crippen MR) is 83.0 cm³/mol. The molecule has 4 nitrogen and oxygen atoms in total. The van der Waals surface area contributed by atoms with Crippen molar-refractivity contribution in [2.45, 2.75) is 31.8 Å². The minimum atomic E-state index is -0.0165. The number of hydrogen-bond acceptors (Lipinski definition) is 2. The second-order valence-electron chi connectivity index (χ2n) is 6.81. The number of carbonyl (C=O) groups is 1. The smallest absolute Gasteiger partial charge is 0.321 e. The van der Waals surface area contributed by atoms with Gasteiger partial charge in [-0.1, -0.05) is 18.6 Å². The Balaban J connectivity index is 1.60. The van der Waals surface area contributed by atoms with Gasteiger partial charge in [0.15, 0.2) is 0 Å². The Hall–Kier alpha value is -1.55. The van der Waals surface area contributed by atoms with Crippen LogP contribution >= 0.6 is 0 Å². The zero-order valence-electron chi connectivity index (χ0n) is 12.7. The van der Waals surface area contributed by atoms with Gasteiger partial charge in [0.2, 0.25) is 0 Å². The maximum absolute atomic E-state index is 11.7. The van der Waals surface area contributed by atoms with Crippen molar-refractivity contribution < 1.29 is 4.79 Å². The van der Waals surface area contributed by atoms with Gasteiger partial charge in [-0.2, -0.15) is 0 Å². The molecule has 2 aliphatic carbocycles. The van der Waals surface area contributed by atoms with E-state index in [-0.39, 0.29) is 6.03 Å². The lowest BCUT2D eigenvalue weighted by molar-refractivity contribution is 0.218. The molecule has 0 aromatic heterocycles. The summed E-state index contributed by atoms with van der Waals surface area (Å²) in [6.45, 7) is 0.697. The molecular weight excluding hydrogens is 262 g/mol. The molecule has 1 aromatic carbocycles. The molecule has 0 spiro atoms. The van der Waals surface area contributed by atoms with Gasteiger partial charge in [0.1, 0.15) is 0 Å². The van der Waals surface area contributed by atoms with E-state index in [0.29, 0.717) is 12.6 Å². The minimum Gasteiger partial charge on any atom is -0.323 e. The monoisotopic (exact) mass is 285 g/mol. The molecule has 112 valence electrons. The zero-order valence-corrected chi connectivity index (χ0v) is 12.7. The van der Waals surface area contributed by atoms with Crippen molar-refractivity contribution in [1.82, 2.24) is 10.2 Å². The number of carbonyl (C=O) groups excluding carboxylic acids is 1. The summed E-state index contributed by atoms with van der Waals surface area (Å²) < 4.78 is 0. The van der Waals surface area contributed by atoms with Crippen LogP contribution in [-0.2, 0) is 6.54 Å². The average molecular weight is 285 g/mol. The van der Waals surface area contributed by atoms with Gasteiger partial charge in [0, 0.05) is 25.3 Å². The summed E-state index contributed by atoms with van der Waals surface area (Å²) in [5.74, 6) is 2.71. The van der Waals surface area contributed by atoms with Crippen LogP contribution in [0.3, 0.4) is 0 Å². The highest BCUT2D eigenvalue weighted by Gasteiger charge is 2.55. The van der Waals surface area contributed by atoms with Crippen molar-refractivity contribution in [3.05, 3.63) is 29.3 Å². The second-order valence-corrected chi connectivity index (χ2v) is 6.81. The normalized spacial score (nSPS) is 31.4. The molecule has 1 aromatic rings. The third-order valence-corrected chi connectivity index (χ3v) is 5.65. The number of nitrogens with zero attached hydrogens (tertiary/aromatic N) is 1. The standard InChI is InChI=1S/C17H23N3O/c1-18-16(15-12-4-3-5-13(12)15)10-6-7-14-11(8-10)9-20(2)17(21)19-14/h6-8,12-13,15-16,18H,3-5,9H2,1-2H3,(H,19,21). The van der Waals surface area contributed by atoms with Gasteiger partial charge >= 0.3 is 6.03 Å². The lowest BCUT2D eigenvalue weighted by atomic mass is 9.94. The molecule has 3 aliphatic rings. The van der Waals surface area contributed by atoms with Crippen LogP contribution in [0, 0.1) is 17.8 Å².